The molecule has 3 heteroatoms. The Kier molecular flexibility index (Phi) is 2.51. The summed E-state index contributed by atoms with van der Waals surface area (Å²) in [4.78, 5) is 0. The number of halogens is 2. The highest BCUT2D eigenvalue weighted by Crippen LogP contribution is 2.41. The van der Waals surface area contributed by atoms with Gasteiger partial charge in [0.1, 0.15) is 11.6 Å². The first kappa shape index (κ1) is 10.6. The van der Waals surface area contributed by atoms with Crippen LogP contribution in [0.15, 0.2) is 18.2 Å². The van der Waals surface area contributed by atoms with Crippen molar-refractivity contribution in [3.8, 4) is 0 Å². The van der Waals surface area contributed by atoms with E-state index in [1.54, 1.807) is 0 Å². The van der Waals surface area contributed by atoms with Crippen LogP contribution in [0.25, 0.3) is 0 Å². The second kappa shape index (κ2) is 3.56. The Bertz CT molecular complexity index is 358. The quantitative estimate of drug-likeness (QED) is 0.759. The lowest BCUT2D eigenvalue weighted by molar-refractivity contribution is 0.346. The molecule has 0 aromatic heterocycles. The van der Waals surface area contributed by atoms with Gasteiger partial charge in [0, 0.05) is 11.6 Å². The van der Waals surface area contributed by atoms with Crippen LogP contribution in [-0.2, 0) is 5.54 Å². The maximum absolute atomic E-state index is 13.1. The molecule has 0 spiro atoms. The summed E-state index contributed by atoms with van der Waals surface area (Å²) in [5.41, 5.74) is 6.26. The third kappa shape index (κ3) is 1.76. The van der Waals surface area contributed by atoms with E-state index in [-0.39, 0.29) is 5.92 Å². The fraction of sp³-hybridized carbons (Fsp3) is 0.500. The van der Waals surface area contributed by atoms with E-state index in [2.05, 4.69) is 0 Å². The lowest BCUT2D eigenvalue weighted by Crippen LogP contribution is -2.39. The maximum atomic E-state index is 13.1. The monoisotopic (exact) mass is 211 g/mol. The number of hydrogen-bond donors (Lipinski definition) is 1. The molecule has 1 aliphatic rings. The zero-order chi connectivity index (χ0) is 11.1. The standard InChI is InChI=1S/C12H15F2N/c1-8-3-2-4-12(8,15)9-5-10(13)7-11(14)6-9/h5-8H,2-4,15H2,1H3. The predicted octanol–water partition coefficient (Wildman–Crippen LogP) is 2.94. The van der Waals surface area contributed by atoms with Gasteiger partial charge in [-0.3, -0.25) is 0 Å². The summed E-state index contributed by atoms with van der Waals surface area (Å²) >= 11 is 0. The average molecular weight is 211 g/mol. The molecule has 2 N–H and O–H groups in total. The Morgan fingerprint density at radius 3 is 2.33 bits per heavy atom. The van der Waals surface area contributed by atoms with Crippen molar-refractivity contribution in [2.45, 2.75) is 31.7 Å². The third-order valence-corrected chi connectivity index (χ3v) is 3.51. The van der Waals surface area contributed by atoms with E-state index in [1.165, 1.54) is 12.1 Å². The number of rotatable bonds is 1. The molecule has 0 bridgehead atoms. The first-order valence-corrected chi connectivity index (χ1v) is 5.28. The minimum Gasteiger partial charge on any atom is -0.321 e. The van der Waals surface area contributed by atoms with E-state index >= 15 is 0 Å². The zero-order valence-electron chi connectivity index (χ0n) is 8.76. The molecule has 0 heterocycles. The summed E-state index contributed by atoms with van der Waals surface area (Å²) in [7, 11) is 0. The zero-order valence-corrected chi connectivity index (χ0v) is 8.76. The molecule has 1 aromatic rings. The van der Waals surface area contributed by atoms with E-state index in [4.69, 9.17) is 5.73 Å². The first-order valence-electron chi connectivity index (χ1n) is 5.28. The SMILES string of the molecule is CC1CCCC1(N)c1cc(F)cc(F)c1. The minimum absolute atomic E-state index is 0.277. The van der Waals surface area contributed by atoms with Gasteiger partial charge in [0.25, 0.3) is 0 Å². The van der Waals surface area contributed by atoms with Crippen LogP contribution in [0.1, 0.15) is 31.7 Å². The molecule has 2 rings (SSSR count). The summed E-state index contributed by atoms with van der Waals surface area (Å²) in [6, 6.07) is 3.59. The molecule has 0 amide bonds. The van der Waals surface area contributed by atoms with Crippen molar-refractivity contribution in [2.24, 2.45) is 11.7 Å². The Labute approximate surface area is 88.3 Å². The Morgan fingerprint density at radius 1 is 1.27 bits per heavy atom. The van der Waals surface area contributed by atoms with Crippen LogP contribution in [0, 0.1) is 17.6 Å². The van der Waals surface area contributed by atoms with Crippen LogP contribution in [0.2, 0.25) is 0 Å². The Hall–Kier alpha value is -0.960. The minimum atomic E-state index is -0.553. The highest BCUT2D eigenvalue weighted by atomic mass is 19.1. The predicted molar refractivity (Wildman–Crippen MR) is 55.2 cm³/mol. The van der Waals surface area contributed by atoms with Crippen molar-refractivity contribution in [2.75, 3.05) is 0 Å². The normalized spacial score (nSPS) is 30.8. The van der Waals surface area contributed by atoms with Gasteiger partial charge in [0.05, 0.1) is 0 Å². The summed E-state index contributed by atoms with van der Waals surface area (Å²) in [6.07, 6.45) is 2.85. The van der Waals surface area contributed by atoms with Crippen molar-refractivity contribution in [1.82, 2.24) is 0 Å². The highest BCUT2D eigenvalue weighted by molar-refractivity contribution is 5.27. The van der Waals surface area contributed by atoms with Crippen LogP contribution in [0.5, 0.6) is 0 Å². The van der Waals surface area contributed by atoms with Crippen molar-refractivity contribution in [1.29, 1.82) is 0 Å². The molecule has 1 aliphatic carbocycles. The summed E-state index contributed by atoms with van der Waals surface area (Å²) in [6.45, 7) is 2.04. The lowest BCUT2D eigenvalue weighted by atomic mass is 9.82. The topological polar surface area (TPSA) is 26.0 Å². The largest absolute Gasteiger partial charge is 0.321 e. The van der Waals surface area contributed by atoms with Gasteiger partial charge >= 0.3 is 0 Å². The van der Waals surface area contributed by atoms with Crippen molar-refractivity contribution < 1.29 is 8.78 Å². The molecular weight excluding hydrogens is 196 g/mol. The molecule has 0 saturated heterocycles. The van der Waals surface area contributed by atoms with Crippen LogP contribution in [0.3, 0.4) is 0 Å². The Morgan fingerprint density at radius 2 is 1.87 bits per heavy atom. The molecule has 82 valence electrons. The lowest BCUT2D eigenvalue weighted by Gasteiger charge is -2.29. The molecule has 2 unspecified atom stereocenters. The van der Waals surface area contributed by atoms with Crippen molar-refractivity contribution in [3.05, 3.63) is 35.4 Å². The summed E-state index contributed by atoms with van der Waals surface area (Å²) in [5, 5.41) is 0. The highest BCUT2D eigenvalue weighted by Gasteiger charge is 2.38. The van der Waals surface area contributed by atoms with Crippen molar-refractivity contribution >= 4 is 0 Å². The van der Waals surface area contributed by atoms with E-state index in [0.717, 1.165) is 25.3 Å². The molecule has 15 heavy (non-hydrogen) atoms. The first-order chi connectivity index (χ1) is 7.02. The third-order valence-electron chi connectivity index (χ3n) is 3.51. The Balaban J connectivity index is 2.44. The van der Waals surface area contributed by atoms with Gasteiger partial charge in [-0.1, -0.05) is 13.3 Å². The fourth-order valence-electron chi connectivity index (χ4n) is 2.46. The molecule has 2 atom stereocenters. The molecule has 1 saturated carbocycles. The second-order valence-corrected chi connectivity index (χ2v) is 4.49. The van der Waals surface area contributed by atoms with E-state index in [1.807, 2.05) is 6.92 Å². The number of benzene rings is 1. The van der Waals surface area contributed by atoms with E-state index in [9.17, 15) is 8.78 Å². The molecule has 0 aliphatic heterocycles. The smallest absolute Gasteiger partial charge is 0.126 e. The average Bonchev–Trinajstić information content (AvgIpc) is 2.47. The molecule has 1 fully saturated rings. The van der Waals surface area contributed by atoms with E-state index < -0.39 is 17.2 Å². The molecule has 0 radical (unpaired) electrons. The molecule has 1 nitrogen and oxygen atoms in total. The van der Waals surface area contributed by atoms with Gasteiger partial charge in [0.15, 0.2) is 0 Å². The van der Waals surface area contributed by atoms with Crippen LogP contribution < -0.4 is 5.73 Å². The van der Waals surface area contributed by atoms with Crippen LogP contribution in [-0.4, -0.2) is 0 Å². The molecular formula is C12H15F2N. The van der Waals surface area contributed by atoms with Crippen LogP contribution >= 0.6 is 0 Å². The summed E-state index contributed by atoms with van der Waals surface area (Å²) < 4.78 is 26.2. The van der Waals surface area contributed by atoms with Crippen molar-refractivity contribution in [3.63, 3.8) is 0 Å². The van der Waals surface area contributed by atoms with Gasteiger partial charge in [0.2, 0.25) is 0 Å². The fourth-order valence-corrected chi connectivity index (χ4v) is 2.46. The number of nitrogens with two attached hydrogens (primary N) is 1. The number of hydrogen-bond acceptors (Lipinski definition) is 1. The van der Waals surface area contributed by atoms with E-state index in [0.29, 0.717) is 5.56 Å². The van der Waals surface area contributed by atoms with Gasteiger partial charge in [-0.2, -0.15) is 0 Å². The van der Waals surface area contributed by atoms with Gasteiger partial charge in [-0.05, 0) is 36.5 Å². The van der Waals surface area contributed by atoms with Gasteiger partial charge in [-0.15, -0.1) is 0 Å². The molecule has 1 aromatic carbocycles. The maximum Gasteiger partial charge on any atom is 0.126 e. The van der Waals surface area contributed by atoms with Gasteiger partial charge < -0.3 is 5.73 Å². The van der Waals surface area contributed by atoms with Gasteiger partial charge in [-0.25, -0.2) is 8.78 Å². The second-order valence-electron chi connectivity index (χ2n) is 4.49. The summed E-state index contributed by atoms with van der Waals surface area (Å²) in [5.74, 6) is -0.818. The van der Waals surface area contributed by atoms with Crippen LogP contribution in [0.4, 0.5) is 8.78 Å².